The normalized spacial score (nSPS) is 28.1. The highest BCUT2D eigenvalue weighted by atomic mass is 15.3. The van der Waals surface area contributed by atoms with Crippen LogP contribution in [0.5, 0.6) is 0 Å². The van der Waals surface area contributed by atoms with Gasteiger partial charge in [0.25, 0.3) is 0 Å². The van der Waals surface area contributed by atoms with Gasteiger partial charge in [-0.3, -0.25) is 0 Å². The van der Waals surface area contributed by atoms with Crippen molar-refractivity contribution < 1.29 is 0 Å². The molecule has 0 bridgehead atoms. The summed E-state index contributed by atoms with van der Waals surface area (Å²) < 4.78 is 1.98. The summed E-state index contributed by atoms with van der Waals surface area (Å²) in [7, 11) is 0. The summed E-state index contributed by atoms with van der Waals surface area (Å²) in [6.07, 6.45) is 6.90. The Kier molecular flexibility index (Phi) is 2.25. The van der Waals surface area contributed by atoms with Crippen molar-refractivity contribution in [3.05, 3.63) is 12.3 Å². The fourth-order valence-electron chi connectivity index (χ4n) is 2.27. The van der Waals surface area contributed by atoms with E-state index in [0.29, 0.717) is 6.04 Å². The van der Waals surface area contributed by atoms with Gasteiger partial charge < -0.3 is 5.73 Å². The van der Waals surface area contributed by atoms with E-state index in [4.69, 9.17) is 5.73 Å². The molecule has 3 heteroatoms. The minimum atomic E-state index is 0.556. The van der Waals surface area contributed by atoms with Crippen molar-refractivity contribution in [3.63, 3.8) is 0 Å². The van der Waals surface area contributed by atoms with E-state index in [9.17, 15) is 0 Å². The lowest BCUT2D eigenvalue weighted by Gasteiger charge is -2.12. The van der Waals surface area contributed by atoms with Gasteiger partial charge in [0.1, 0.15) is 5.82 Å². The van der Waals surface area contributed by atoms with Crippen LogP contribution in [0, 0.1) is 5.92 Å². The molecule has 1 aromatic heterocycles. The minimum absolute atomic E-state index is 0.556. The standard InChI is InChI=1S/C10H17N3/c1-2-8-3-4-9(7-8)13-10(11)5-6-12-13/h5-6,8-9H,2-4,7,11H2,1H3. The van der Waals surface area contributed by atoms with E-state index in [1.165, 1.54) is 25.7 Å². The number of nitrogens with two attached hydrogens (primary N) is 1. The minimum Gasteiger partial charge on any atom is -0.384 e. The average Bonchev–Trinajstić information content (AvgIpc) is 2.71. The first-order valence-corrected chi connectivity index (χ1v) is 5.10. The molecule has 72 valence electrons. The topological polar surface area (TPSA) is 43.8 Å². The third-order valence-corrected chi connectivity index (χ3v) is 3.14. The number of rotatable bonds is 2. The molecule has 0 aromatic carbocycles. The highest BCUT2D eigenvalue weighted by Crippen LogP contribution is 2.36. The Bertz CT molecular complexity index is 279. The van der Waals surface area contributed by atoms with Crippen LogP contribution in [0.1, 0.15) is 38.6 Å². The Hall–Kier alpha value is -0.990. The molecule has 1 aliphatic carbocycles. The van der Waals surface area contributed by atoms with Gasteiger partial charge in [-0.15, -0.1) is 0 Å². The lowest BCUT2D eigenvalue weighted by atomic mass is 10.1. The molecule has 1 aliphatic rings. The van der Waals surface area contributed by atoms with Crippen LogP contribution in [-0.4, -0.2) is 9.78 Å². The van der Waals surface area contributed by atoms with Crippen LogP contribution in [0.25, 0.3) is 0 Å². The number of aromatic nitrogens is 2. The average molecular weight is 179 g/mol. The van der Waals surface area contributed by atoms with Crippen molar-refractivity contribution in [1.82, 2.24) is 9.78 Å². The fourth-order valence-corrected chi connectivity index (χ4v) is 2.27. The van der Waals surface area contributed by atoms with Crippen molar-refractivity contribution in [2.75, 3.05) is 5.73 Å². The van der Waals surface area contributed by atoms with Gasteiger partial charge in [0.2, 0.25) is 0 Å². The van der Waals surface area contributed by atoms with Crippen LogP contribution in [0.15, 0.2) is 12.3 Å². The van der Waals surface area contributed by atoms with Gasteiger partial charge in [0, 0.05) is 0 Å². The molecule has 1 saturated carbocycles. The molecule has 1 heterocycles. The fraction of sp³-hybridized carbons (Fsp3) is 0.700. The van der Waals surface area contributed by atoms with E-state index in [1.807, 2.05) is 10.7 Å². The molecular weight excluding hydrogens is 162 g/mol. The zero-order valence-electron chi connectivity index (χ0n) is 8.11. The summed E-state index contributed by atoms with van der Waals surface area (Å²) >= 11 is 0. The molecule has 0 saturated heterocycles. The van der Waals surface area contributed by atoms with Crippen LogP contribution >= 0.6 is 0 Å². The first-order chi connectivity index (χ1) is 6.31. The first-order valence-electron chi connectivity index (χ1n) is 5.10. The molecule has 13 heavy (non-hydrogen) atoms. The molecule has 2 unspecified atom stereocenters. The van der Waals surface area contributed by atoms with Crippen molar-refractivity contribution >= 4 is 5.82 Å². The molecule has 0 amide bonds. The number of nitrogen functional groups attached to an aromatic ring is 1. The third kappa shape index (κ3) is 1.55. The summed E-state index contributed by atoms with van der Waals surface area (Å²) in [4.78, 5) is 0. The smallest absolute Gasteiger partial charge is 0.121 e. The van der Waals surface area contributed by atoms with Crippen LogP contribution in [0.4, 0.5) is 5.82 Å². The van der Waals surface area contributed by atoms with E-state index < -0.39 is 0 Å². The van der Waals surface area contributed by atoms with E-state index in [-0.39, 0.29) is 0 Å². The van der Waals surface area contributed by atoms with Gasteiger partial charge in [-0.25, -0.2) is 4.68 Å². The zero-order chi connectivity index (χ0) is 9.26. The molecule has 0 spiro atoms. The maximum Gasteiger partial charge on any atom is 0.121 e. The Morgan fingerprint density at radius 3 is 3.00 bits per heavy atom. The van der Waals surface area contributed by atoms with E-state index in [1.54, 1.807) is 6.20 Å². The van der Waals surface area contributed by atoms with E-state index >= 15 is 0 Å². The van der Waals surface area contributed by atoms with Crippen LogP contribution in [0.3, 0.4) is 0 Å². The third-order valence-electron chi connectivity index (χ3n) is 3.14. The first kappa shape index (κ1) is 8.60. The Labute approximate surface area is 78.9 Å². The predicted octanol–water partition coefficient (Wildman–Crippen LogP) is 2.22. The highest BCUT2D eigenvalue weighted by Gasteiger charge is 2.25. The SMILES string of the molecule is CCC1CCC(n2nccc2N)C1. The summed E-state index contributed by atoms with van der Waals surface area (Å²) in [5.41, 5.74) is 5.81. The number of hydrogen-bond donors (Lipinski definition) is 1. The molecule has 2 N–H and O–H groups in total. The summed E-state index contributed by atoms with van der Waals surface area (Å²) in [6, 6.07) is 2.43. The molecule has 2 atom stereocenters. The van der Waals surface area contributed by atoms with Gasteiger partial charge in [-0.2, -0.15) is 5.10 Å². The van der Waals surface area contributed by atoms with Gasteiger partial charge >= 0.3 is 0 Å². The maximum atomic E-state index is 5.81. The predicted molar refractivity (Wildman–Crippen MR) is 53.3 cm³/mol. The van der Waals surface area contributed by atoms with Crippen molar-refractivity contribution in [2.45, 2.75) is 38.6 Å². The van der Waals surface area contributed by atoms with Gasteiger partial charge in [-0.05, 0) is 31.2 Å². The van der Waals surface area contributed by atoms with Gasteiger partial charge in [0.05, 0.1) is 12.2 Å². The second-order valence-electron chi connectivity index (χ2n) is 3.94. The largest absolute Gasteiger partial charge is 0.384 e. The monoisotopic (exact) mass is 179 g/mol. The number of anilines is 1. The zero-order valence-corrected chi connectivity index (χ0v) is 8.11. The maximum absolute atomic E-state index is 5.81. The summed E-state index contributed by atoms with van der Waals surface area (Å²) in [5.74, 6) is 1.69. The summed E-state index contributed by atoms with van der Waals surface area (Å²) in [6.45, 7) is 2.26. The molecule has 0 aliphatic heterocycles. The van der Waals surface area contributed by atoms with Gasteiger partial charge in [0.15, 0.2) is 0 Å². The molecule has 1 fully saturated rings. The van der Waals surface area contributed by atoms with Crippen LogP contribution in [-0.2, 0) is 0 Å². The van der Waals surface area contributed by atoms with Crippen molar-refractivity contribution in [2.24, 2.45) is 5.92 Å². The lowest BCUT2D eigenvalue weighted by molar-refractivity contribution is 0.440. The number of hydrogen-bond acceptors (Lipinski definition) is 2. The second-order valence-corrected chi connectivity index (χ2v) is 3.94. The van der Waals surface area contributed by atoms with Crippen molar-refractivity contribution in [1.29, 1.82) is 0 Å². The van der Waals surface area contributed by atoms with Crippen LogP contribution in [0.2, 0.25) is 0 Å². The molecule has 2 rings (SSSR count). The van der Waals surface area contributed by atoms with Gasteiger partial charge in [-0.1, -0.05) is 13.3 Å². The Morgan fingerprint density at radius 2 is 2.46 bits per heavy atom. The molecular formula is C10H17N3. The Morgan fingerprint density at radius 1 is 1.62 bits per heavy atom. The molecule has 3 nitrogen and oxygen atoms in total. The Balaban J connectivity index is 2.08. The molecule has 0 radical (unpaired) electrons. The van der Waals surface area contributed by atoms with Crippen molar-refractivity contribution in [3.8, 4) is 0 Å². The van der Waals surface area contributed by atoms with Crippen LogP contribution < -0.4 is 5.73 Å². The van der Waals surface area contributed by atoms with E-state index in [2.05, 4.69) is 12.0 Å². The highest BCUT2D eigenvalue weighted by molar-refractivity contribution is 5.26. The van der Waals surface area contributed by atoms with E-state index in [0.717, 1.165) is 11.7 Å². The summed E-state index contributed by atoms with van der Waals surface area (Å²) in [5, 5.41) is 4.26. The number of nitrogens with zero attached hydrogens (tertiary/aromatic N) is 2. The molecule has 1 aromatic rings. The second kappa shape index (κ2) is 3.40. The lowest BCUT2D eigenvalue weighted by Crippen LogP contribution is -2.10. The quantitative estimate of drug-likeness (QED) is 0.756.